The summed E-state index contributed by atoms with van der Waals surface area (Å²) in [6.45, 7) is 0.386. The number of carboxylic acids is 1. The first kappa shape index (κ1) is 31.5. The summed E-state index contributed by atoms with van der Waals surface area (Å²) in [5, 5.41) is 11.7. The van der Waals surface area contributed by atoms with Gasteiger partial charge in [0.15, 0.2) is 18.1 Å². The highest BCUT2D eigenvalue weighted by atomic mass is 19.4. The summed E-state index contributed by atoms with van der Waals surface area (Å²) < 4.78 is 90.5. The molecule has 2 aromatic rings. The van der Waals surface area contributed by atoms with Gasteiger partial charge in [0.2, 0.25) is 5.91 Å². The molecule has 2 N–H and O–H groups in total. The number of carbonyl (C=O) groups excluding carboxylic acids is 1. The summed E-state index contributed by atoms with van der Waals surface area (Å²) in [5.74, 6) is -0.472. The first-order valence-corrected chi connectivity index (χ1v) is 13.5. The van der Waals surface area contributed by atoms with E-state index in [2.05, 4.69) is 10.2 Å². The van der Waals surface area contributed by atoms with Crippen LogP contribution in [0.3, 0.4) is 0 Å². The smallest absolute Gasteiger partial charge is 0.416 e. The van der Waals surface area contributed by atoms with Crippen molar-refractivity contribution in [1.29, 1.82) is 0 Å². The molecular formula is C29H32F6N2O5. The molecule has 1 aliphatic carbocycles. The third kappa shape index (κ3) is 7.87. The number of ether oxygens (including phenoxy) is 2. The molecule has 2 aromatic carbocycles. The van der Waals surface area contributed by atoms with Crippen LogP contribution >= 0.6 is 0 Å². The number of hydrogen-bond donors (Lipinski definition) is 2. The minimum Gasteiger partial charge on any atom is -0.493 e. The number of hydrogen-bond acceptors (Lipinski definition) is 5. The van der Waals surface area contributed by atoms with Crippen LogP contribution in [0.25, 0.3) is 0 Å². The van der Waals surface area contributed by atoms with Crippen LogP contribution in [-0.2, 0) is 35.0 Å². The molecule has 0 unspecified atom stereocenters. The minimum atomic E-state index is -4.97. The summed E-state index contributed by atoms with van der Waals surface area (Å²) >= 11 is 0. The summed E-state index contributed by atoms with van der Waals surface area (Å²) in [4.78, 5) is 26.6. The Kier molecular flexibility index (Phi) is 9.29. The molecule has 1 saturated heterocycles. The van der Waals surface area contributed by atoms with E-state index in [1.165, 1.54) is 7.11 Å². The van der Waals surface area contributed by atoms with E-state index >= 15 is 0 Å². The van der Waals surface area contributed by atoms with Crippen LogP contribution in [0.4, 0.5) is 26.3 Å². The van der Waals surface area contributed by atoms with Crippen molar-refractivity contribution in [3.8, 4) is 11.5 Å². The van der Waals surface area contributed by atoms with Gasteiger partial charge >= 0.3 is 18.3 Å². The lowest BCUT2D eigenvalue weighted by atomic mass is 9.73. The monoisotopic (exact) mass is 602 g/mol. The lowest BCUT2D eigenvalue weighted by Gasteiger charge is -2.41. The molecule has 1 aliphatic heterocycles. The van der Waals surface area contributed by atoms with Crippen molar-refractivity contribution < 1.29 is 50.5 Å². The number of nitrogens with zero attached hydrogens (tertiary/aromatic N) is 1. The molecule has 0 aromatic heterocycles. The predicted octanol–water partition coefficient (Wildman–Crippen LogP) is 5.89. The van der Waals surface area contributed by atoms with Crippen LogP contribution in [0, 0.1) is 11.3 Å². The van der Waals surface area contributed by atoms with Gasteiger partial charge < -0.3 is 19.9 Å². The molecule has 0 atom stereocenters. The Bertz CT molecular complexity index is 1250. The molecule has 42 heavy (non-hydrogen) atoms. The molecule has 2 fully saturated rings. The molecular weight excluding hydrogens is 570 g/mol. The first-order chi connectivity index (χ1) is 19.7. The fraction of sp³-hybridized carbons (Fsp3) is 0.517. The van der Waals surface area contributed by atoms with Gasteiger partial charge in [-0.05, 0) is 68.1 Å². The predicted molar refractivity (Wildman–Crippen MR) is 139 cm³/mol. The lowest BCUT2D eigenvalue weighted by Crippen LogP contribution is -2.48. The molecule has 2 aliphatic rings. The van der Waals surface area contributed by atoms with E-state index in [1.807, 2.05) is 0 Å². The Morgan fingerprint density at radius 3 is 2.17 bits per heavy atom. The molecule has 1 heterocycles. The maximum Gasteiger partial charge on any atom is 0.416 e. The van der Waals surface area contributed by atoms with E-state index in [9.17, 15) is 35.9 Å². The largest absolute Gasteiger partial charge is 0.493 e. The fourth-order valence-electron chi connectivity index (χ4n) is 5.41. The van der Waals surface area contributed by atoms with Crippen molar-refractivity contribution in [2.45, 2.75) is 57.5 Å². The number of carbonyl (C=O) groups is 2. The topological polar surface area (TPSA) is 88.1 Å². The zero-order valence-electron chi connectivity index (χ0n) is 22.9. The number of methoxy groups -OCH3 is 1. The maximum atomic E-state index is 13.5. The van der Waals surface area contributed by atoms with Gasteiger partial charge in [0, 0.05) is 18.7 Å². The summed E-state index contributed by atoms with van der Waals surface area (Å²) in [5.41, 5.74) is -3.22. The molecule has 13 heteroatoms. The third-order valence-electron chi connectivity index (χ3n) is 7.79. The average Bonchev–Trinajstić information content (AvgIpc) is 3.74. The van der Waals surface area contributed by atoms with E-state index in [-0.39, 0.29) is 17.5 Å². The number of halogens is 6. The van der Waals surface area contributed by atoms with Gasteiger partial charge in [-0.15, -0.1) is 0 Å². The number of benzene rings is 2. The summed E-state index contributed by atoms with van der Waals surface area (Å²) in [6.07, 6.45) is -6.52. The molecule has 0 bridgehead atoms. The number of rotatable bonds is 11. The highest BCUT2D eigenvalue weighted by molar-refractivity contribution is 5.83. The first-order valence-electron chi connectivity index (χ1n) is 13.5. The Morgan fingerprint density at radius 2 is 1.64 bits per heavy atom. The second-order valence-corrected chi connectivity index (χ2v) is 10.9. The molecule has 1 amide bonds. The molecule has 0 radical (unpaired) electrons. The Labute approximate surface area is 238 Å². The zero-order chi connectivity index (χ0) is 30.7. The summed E-state index contributed by atoms with van der Waals surface area (Å²) in [6, 6.07) is 6.53. The van der Waals surface area contributed by atoms with Crippen LogP contribution in [0.5, 0.6) is 11.5 Å². The van der Waals surface area contributed by atoms with Crippen molar-refractivity contribution >= 4 is 11.9 Å². The van der Waals surface area contributed by atoms with Gasteiger partial charge in [-0.25, -0.2) is 4.79 Å². The van der Waals surface area contributed by atoms with Gasteiger partial charge in [0.1, 0.15) is 0 Å². The normalized spacial score (nSPS) is 17.5. The van der Waals surface area contributed by atoms with Gasteiger partial charge in [-0.3, -0.25) is 9.69 Å². The molecule has 7 nitrogen and oxygen atoms in total. The third-order valence-corrected chi connectivity index (χ3v) is 7.79. The van der Waals surface area contributed by atoms with E-state index < -0.39 is 48.0 Å². The molecule has 4 rings (SSSR count). The molecule has 230 valence electrons. The number of likely N-dealkylation sites (tertiary alicyclic amines) is 1. The van der Waals surface area contributed by atoms with Crippen LogP contribution < -0.4 is 14.8 Å². The average molecular weight is 603 g/mol. The highest BCUT2D eigenvalue weighted by Crippen LogP contribution is 2.46. The number of para-hydroxylation sites is 1. The summed E-state index contributed by atoms with van der Waals surface area (Å²) in [7, 11) is 1.45. The fourth-order valence-corrected chi connectivity index (χ4v) is 5.41. The van der Waals surface area contributed by atoms with Crippen molar-refractivity contribution in [3.63, 3.8) is 0 Å². The van der Waals surface area contributed by atoms with E-state index in [0.717, 1.165) is 12.8 Å². The van der Waals surface area contributed by atoms with Crippen molar-refractivity contribution in [2.75, 3.05) is 26.8 Å². The van der Waals surface area contributed by atoms with Crippen molar-refractivity contribution in [1.82, 2.24) is 10.2 Å². The van der Waals surface area contributed by atoms with E-state index in [0.29, 0.717) is 74.0 Å². The van der Waals surface area contributed by atoms with E-state index in [4.69, 9.17) is 14.6 Å². The maximum absolute atomic E-state index is 13.5. The SMILES string of the molecule is COc1cccc(CN2CCC(CC3CC3)(C(=O)NCc3cc(C(F)(F)F)cc(C(F)(F)F)c3)CC2)c1OCC(=O)O. The molecule has 1 saturated carbocycles. The number of amides is 1. The van der Waals surface area contributed by atoms with E-state index in [1.54, 1.807) is 18.2 Å². The van der Waals surface area contributed by atoms with Crippen LogP contribution in [0.15, 0.2) is 36.4 Å². The minimum absolute atomic E-state index is 0.0656. The number of piperidine rings is 1. The van der Waals surface area contributed by atoms with Crippen LogP contribution in [-0.4, -0.2) is 48.7 Å². The van der Waals surface area contributed by atoms with Crippen molar-refractivity contribution in [3.05, 3.63) is 58.7 Å². The van der Waals surface area contributed by atoms with Crippen LogP contribution in [0.2, 0.25) is 0 Å². The van der Waals surface area contributed by atoms with Crippen LogP contribution in [0.1, 0.15) is 54.4 Å². The Morgan fingerprint density at radius 1 is 1.02 bits per heavy atom. The number of alkyl halides is 6. The van der Waals surface area contributed by atoms with Gasteiger partial charge in [-0.1, -0.05) is 25.0 Å². The highest BCUT2D eigenvalue weighted by Gasteiger charge is 2.45. The Balaban J connectivity index is 1.46. The number of carboxylic acid groups (broad SMARTS) is 1. The Hall–Kier alpha value is -3.48. The second kappa shape index (κ2) is 12.4. The quantitative estimate of drug-likeness (QED) is 0.312. The van der Waals surface area contributed by atoms with Crippen molar-refractivity contribution in [2.24, 2.45) is 11.3 Å². The standard InChI is InChI=1S/C29H32F6N2O5/c1-41-23-4-2-3-20(25(23)42-17-24(38)39)16-37-9-7-27(8-10-37,14-18-5-6-18)26(40)36-15-19-11-21(28(30,31)32)13-22(12-19)29(33,34)35/h2-4,11-13,18H,5-10,14-17H2,1H3,(H,36,40)(H,38,39). The lowest BCUT2D eigenvalue weighted by molar-refractivity contribution is -0.143. The number of aliphatic carboxylic acids is 1. The van der Waals surface area contributed by atoms with Gasteiger partial charge in [-0.2, -0.15) is 26.3 Å². The zero-order valence-corrected chi connectivity index (χ0v) is 22.9. The second-order valence-electron chi connectivity index (χ2n) is 10.9. The molecule has 0 spiro atoms. The number of nitrogens with one attached hydrogen (secondary N) is 1. The van der Waals surface area contributed by atoms with Gasteiger partial charge in [0.25, 0.3) is 0 Å². The van der Waals surface area contributed by atoms with Gasteiger partial charge in [0.05, 0.1) is 23.7 Å².